The van der Waals surface area contributed by atoms with Crippen LogP contribution in [0.5, 0.6) is 0 Å². The second-order valence-corrected chi connectivity index (χ2v) is 4.91. The van der Waals surface area contributed by atoms with Gasteiger partial charge < -0.3 is 16.6 Å². The topological polar surface area (TPSA) is 106 Å². The second kappa shape index (κ2) is 7.40. The number of carboxylic acids is 1. The monoisotopic (exact) mass is 244 g/mol. The van der Waals surface area contributed by atoms with E-state index in [0.29, 0.717) is 19.3 Å². The first kappa shape index (κ1) is 16.1. The van der Waals surface area contributed by atoms with Gasteiger partial charge in [-0.3, -0.25) is 9.59 Å². The van der Waals surface area contributed by atoms with Crippen LogP contribution in [-0.2, 0) is 9.59 Å². The van der Waals surface area contributed by atoms with Gasteiger partial charge in [-0.25, -0.2) is 0 Å². The molecule has 17 heavy (non-hydrogen) atoms. The molecule has 2 unspecified atom stereocenters. The lowest BCUT2D eigenvalue weighted by atomic mass is 9.89. The minimum Gasteiger partial charge on any atom is -0.481 e. The maximum absolute atomic E-state index is 11.0. The number of hydrogen-bond acceptors (Lipinski definition) is 4. The van der Waals surface area contributed by atoms with E-state index in [-0.39, 0.29) is 23.7 Å². The first-order chi connectivity index (χ1) is 7.75. The Morgan fingerprint density at radius 1 is 1.18 bits per heavy atom. The van der Waals surface area contributed by atoms with E-state index in [9.17, 15) is 9.59 Å². The average Bonchev–Trinajstić information content (AvgIpc) is 2.24. The second-order valence-electron chi connectivity index (χ2n) is 4.91. The summed E-state index contributed by atoms with van der Waals surface area (Å²) in [5, 5.41) is 8.75. The van der Waals surface area contributed by atoms with Crippen molar-refractivity contribution in [1.29, 1.82) is 0 Å². The minimum atomic E-state index is -0.801. The zero-order valence-electron chi connectivity index (χ0n) is 10.8. The third kappa shape index (κ3) is 6.38. The van der Waals surface area contributed by atoms with Crippen molar-refractivity contribution in [3.8, 4) is 0 Å². The van der Waals surface area contributed by atoms with Crippen molar-refractivity contribution < 1.29 is 14.7 Å². The van der Waals surface area contributed by atoms with Crippen LogP contribution in [0.4, 0.5) is 0 Å². The molecule has 0 saturated carbocycles. The van der Waals surface area contributed by atoms with Gasteiger partial charge in [-0.1, -0.05) is 13.8 Å². The molecule has 0 rings (SSSR count). The Balaban J connectivity index is 4.01. The first-order valence-corrected chi connectivity index (χ1v) is 6.00. The van der Waals surface area contributed by atoms with E-state index in [1.807, 2.05) is 6.92 Å². The van der Waals surface area contributed by atoms with E-state index in [4.69, 9.17) is 16.6 Å². The number of ketones is 1. The van der Waals surface area contributed by atoms with Gasteiger partial charge in [0.25, 0.3) is 0 Å². The highest BCUT2D eigenvalue weighted by atomic mass is 16.4. The van der Waals surface area contributed by atoms with Gasteiger partial charge in [0.1, 0.15) is 5.78 Å². The van der Waals surface area contributed by atoms with Crippen molar-refractivity contribution >= 4 is 11.8 Å². The third-order valence-corrected chi connectivity index (χ3v) is 3.23. The zero-order chi connectivity index (χ0) is 13.6. The van der Waals surface area contributed by atoms with Crippen LogP contribution in [0.2, 0.25) is 0 Å². The van der Waals surface area contributed by atoms with Gasteiger partial charge in [-0.05, 0) is 32.1 Å². The Bertz CT molecular complexity index is 268. The molecule has 0 amide bonds. The molecule has 5 heteroatoms. The fourth-order valence-corrected chi connectivity index (χ4v) is 1.59. The summed E-state index contributed by atoms with van der Waals surface area (Å²) in [4.78, 5) is 21.7. The maximum Gasteiger partial charge on any atom is 0.306 e. The van der Waals surface area contributed by atoms with Crippen molar-refractivity contribution in [2.24, 2.45) is 23.3 Å². The molecule has 0 heterocycles. The van der Waals surface area contributed by atoms with Gasteiger partial charge in [0.2, 0.25) is 0 Å². The molecule has 0 aliphatic heterocycles. The normalized spacial score (nSPS) is 18.2. The van der Waals surface area contributed by atoms with Crippen LogP contribution in [0, 0.1) is 11.8 Å². The summed E-state index contributed by atoms with van der Waals surface area (Å²) in [6, 6.07) is -0.574. The van der Waals surface area contributed by atoms with Crippen molar-refractivity contribution in [2.75, 3.05) is 0 Å². The summed E-state index contributed by atoms with van der Waals surface area (Å²) in [6.07, 6.45) is 1.74. The number of carboxylic acid groups (broad SMARTS) is 1. The van der Waals surface area contributed by atoms with Gasteiger partial charge in [-0.2, -0.15) is 0 Å². The highest BCUT2D eigenvalue weighted by Gasteiger charge is 2.20. The standard InChI is InChI=1S/C12H24N2O3/c1-7(12(16)17)4-5-10(13)8(2)6-11(14)9(3)15/h7-8,10-11H,4-6,13-14H2,1-3H3,(H,16,17)/t7-,8?,10?,11-/m0/s1. The molecule has 0 spiro atoms. The molecule has 0 radical (unpaired) electrons. The predicted octanol–water partition coefficient (Wildman–Crippen LogP) is 0.757. The molecular weight excluding hydrogens is 220 g/mol. The fourth-order valence-electron chi connectivity index (χ4n) is 1.59. The quantitative estimate of drug-likeness (QED) is 0.584. The lowest BCUT2D eigenvalue weighted by molar-refractivity contribution is -0.141. The average molecular weight is 244 g/mol. The molecule has 0 saturated heterocycles. The van der Waals surface area contributed by atoms with E-state index in [2.05, 4.69) is 0 Å². The Morgan fingerprint density at radius 2 is 1.71 bits per heavy atom. The Labute approximate surface area is 103 Å². The smallest absolute Gasteiger partial charge is 0.306 e. The van der Waals surface area contributed by atoms with Crippen molar-refractivity contribution in [1.82, 2.24) is 0 Å². The number of aliphatic carboxylic acids is 1. The molecule has 5 N–H and O–H groups in total. The summed E-state index contributed by atoms with van der Waals surface area (Å²) in [7, 11) is 0. The van der Waals surface area contributed by atoms with Crippen LogP contribution < -0.4 is 11.5 Å². The Morgan fingerprint density at radius 3 is 2.12 bits per heavy atom. The summed E-state index contributed by atoms with van der Waals surface area (Å²) >= 11 is 0. The number of rotatable bonds is 8. The molecular formula is C12H24N2O3. The molecule has 0 aliphatic rings. The summed E-state index contributed by atoms with van der Waals surface area (Å²) in [5.41, 5.74) is 11.6. The van der Waals surface area contributed by atoms with Gasteiger partial charge in [0, 0.05) is 6.04 Å². The molecule has 0 aromatic carbocycles. The number of carbonyl (C=O) groups excluding carboxylic acids is 1. The fraction of sp³-hybridized carbons (Fsp3) is 0.833. The zero-order valence-corrected chi connectivity index (χ0v) is 10.8. The van der Waals surface area contributed by atoms with E-state index in [1.54, 1.807) is 6.92 Å². The molecule has 0 aliphatic carbocycles. The summed E-state index contributed by atoms with van der Waals surface area (Å²) in [6.45, 7) is 5.08. The van der Waals surface area contributed by atoms with E-state index in [0.717, 1.165) is 0 Å². The van der Waals surface area contributed by atoms with Gasteiger partial charge in [-0.15, -0.1) is 0 Å². The number of Topliss-reactive ketones (excluding diaryl/α,β-unsaturated/α-hetero) is 1. The lowest BCUT2D eigenvalue weighted by Crippen LogP contribution is -2.37. The van der Waals surface area contributed by atoms with Crippen molar-refractivity contribution in [2.45, 2.75) is 52.1 Å². The Kier molecular flexibility index (Phi) is 6.99. The van der Waals surface area contributed by atoms with E-state index < -0.39 is 12.0 Å². The van der Waals surface area contributed by atoms with Crippen LogP contribution in [0.15, 0.2) is 0 Å². The maximum atomic E-state index is 11.0. The number of hydrogen-bond donors (Lipinski definition) is 3. The molecule has 0 fully saturated rings. The number of carbonyl (C=O) groups is 2. The predicted molar refractivity (Wildman–Crippen MR) is 66.4 cm³/mol. The van der Waals surface area contributed by atoms with Crippen LogP contribution in [0.25, 0.3) is 0 Å². The van der Waals surface area contributed by atoms with Crippen LogP contribution in [0.1, 0.15) is 40.0 Å². The van der Waals surface area contributed by atoms with Gasteiger partial charge in [0.15, 0.2) is 0 Å². The highest BCUT2D eigenvalue weighted by molar-refractivity contribution is 5.81. The molecule has 0 aromatic rings. The largest absolute Gasteiger partial charge is 0.481 e. The molecule has 0 aromatic heterocycles. The van der Waals surface area contributed by atoms with E-state index >= 15 is 0 Å². The molecule has 5 nitrogen and oxygen atoms in total. The highest BCUT2D eigenvalue weighted by Crippen LogP contribution is 2.16. The third-order valence-electron chi connectivity index (χ3n) is 3.23. The molecule has 100 valence electrons. The van der Waals surface area contributed by atoms with Crippen LogP contribution >= 0.6 is 0 Å². The van der Waals surface area contributed by atoms with Gasteiger partial charge in [0.05, 0.1) is 12.0 Å². The first-order valence-electron chi connectivity index (χ1n) is 6.00. The van der Waals surface area contributed by atoms with Crippen molar-refractivity contribution in [3.05, 3.63) is 0 Å². The SMILES string of the molecule is CC(=O)[C@@H](N)CC(C)C(N)CC[C@H](C)C(=O)O. The Hall–Kier alpha value is -0.940. The van der Waals surface area contributed by atoms with Crippen molar-refractivity contribution in [3.63, 3.8) is 0 Å². The van der Waals surface area contributed by atoms with Gasteiger partial charge >= 0.3 is 5.97 Å². The molecule has 0 bridgehead atoms. The summed E-state index contributed by atoms with van der Waals surface area (Å²) in [5.74, 6) is -1.10. The minimum absolute atomic E-state index is 0.0389. The van der Waals surface area contributed by atoms with Crippen LogP contribution in [-0.4, -0.2) is 28.9 Å². The lowest BCUT2D eigenvalue weighted by Gasteiger charge is -2.22. The summed E-state index contributed by atoms with van der Waals surface area (Å²) < 4.78 is 0. The van der Waals surface area contributed by atoms with E-state index in [1.165, 1.54) is 6.92 Å². The van der Waals surface area contributed by atoms with Crippen LogP contribution in [0.3, 0.4) is 0 Å². The number of nitrogens with two attached hydrogens (primary N) is 2. The molecule has 4 atom stereocenters.